The first-order chi connectivity index (χ1) is 11.5. The fourth-order valence-corrected chi connectivity index (χ4v) is 2.34. The average Bonchev–Trinajstić information content (AvgIpc) is 2.57. The molecule has 0 radical (unpaired) electrons. The third-order valence-corrected chi connectivity index (χ3v) is 3.41. The quantitative estimate of drug-likeness (QED) is 0.564. The third kappa shape index (κ3) is 3.91. The lowest BCUT2D eigenvalue weighted by molar-refractivity contribution is 0.201. The molecule has 2 aromatic heterocycles. The van der Waals surface area contributed by atoms with Gasteiger partial charge in [0.25, 0.3) is 0 Å². The van der Waals surface area contributed by atoms with Crippen molar-refractivity contribution < 1.29 is 5.11 Å². The van der Waals surface area contributed by atoms with Gasteiger partial charge < -0.3 is 26.0 Å². The molecule has 0 bridgehead atoms. The fourth-order valence-electron chi connectivity index (χ4n) is 2.34. The van der Waals surface area contributed by atoms with Gasteiger partial charge in [0.15, 0.2) is 11.6 Å². The first kappa shape index (κ1) is 17.9. The molecule has 2 heterocycles. The van der Waals surface area contributed by atoms with Crippen molar-refractivity contribution >= 4 is 34.6 Å². The van der Waals surface area contributed by atoms with Crippen molar-refractivity contribution in [2.24, 2.45) is 0 Å². The molecule has 0 aliphatic heterocycles. The van der Waals surface area contributed by atoms with Gasteiger partial charge in [-0.3, -0.25) is 0 Å². The van der Waals surface area contributed by atoms with Gasteiger partial charge >= 0.3 is 0 Å². The molecule has 4 N–H and O–H groups in total. The van der Waals surface area contributed by atoms with Gasteiger partial charge in [0.1, 0.15) is 11.0 Å². The van der Waals surface area contributed by atoms with E-state index in [9.17, 15) is 5.11 Å². The van der Waals surface area contributed by atoms with E-state index in [1.165, 1.54) is 0 Å². The maximum absolute atomic E-state index is 9.70. The van der Waals surface area contributed by atoms with E-state index in [2.05, 4.69) is 42.8 Å². The molecule has 0 aliphatic rings. The number of fused-ring (bicyclic) bond motifs is 1. The summed E-state index contributed by atoms with van der Waals surface area (Å²) in [7, 11) is 5.41. The molecule has 132 valence electrons. The van der Waals surface area contributed by atoms with Crippen LogP contribution in [0.3, 0.4) is 0 Å². The Balaban J connectivity index is 2.66. The van der Waals surface area contributed by atoms with Crippen LogP contribution in [-0.2, 0) is 0 Å². The van der Waals surface area contributed by atoms with Crippen LogP contribution in [0.15, 0.2) is 0 Å². The predicted octanol–water partition coefficient (Wildman–Crippen LogP) is 1.14. The van der Waals surface area contributed by atoms with Crippen LogP contribution in [0.4, 0.5) is 23.5 Å². The Hall–Kier alpha value is -2.42. The summed E-state index contributed by atoms with van der Waals surface area (Å²) < 4.78 is 0. The largest absolute Gasteiger partial charge is 0.392 e. The zero-order chi connectivity index (χ0) is 17.7. The molecule has 2 aromatic rings. The summed E-state index contributed by atoms with van der Waals surface area (Å²) in [5.74, 6) is 2.28. The highest BCUT2D eigenvalue weighted by molar-refractivity contribution is 5.94. The van der Waals surface area contributed by atoms with Gasteiger partial charge in [-0.25, -0.2) is 9.97 Å². The number of hydrogen-bond acceptors (Lipinski definition) is 9. The zero-order valence-corrected chi connectivity index (χ0v) is 14.9. The van der Waals surface area contributed by atoms with E-state index in [4.69, 9.17) is 0 Å². The summed E-state index contributed by atoms with van der Waals surface area (Å²) in [6.45, 7) is 5.05. The Kier molecular flexibility index (Phi) is 5.91. The topological polar surface area (TPSA) is 111 Å². The number of anilines is 4. The summed E-state index contributed by atoms with van der Waals surface area (Å²) in [6.07, 6.45) is 0.487. The SMILES string of the molecule is CCCNc1nc(NC)nc2c(N(C)CC(C)O)nc(NC)nc12. The molecule has 0 aromatic carbocycles. The Morgan fingerprint density at radius 1 is 1.04 bits per heavy atom. The van der Waals surface area contributed by atoms with Crippen LogP contribution in [0, 0.1) is 0 Å². The van der Waals surface area contributed by atoms with Crippen LogP contribution in [0.2, 0.25) is 0 Å². The Labute approximate surface area is 141 Å². The average molecular weight is 334 g/mol. The van der Waals surface area contributed by atoms with E-state index in [1.807, 2.05) is 11.9 Å². The van der Waals surface area contributed by atoms with Gasteiger partial charge in [0.2, 0.25) is 11.9 Å². The Morgan fingerprint density at radius 3 is 2.25 bits per heavy atom. The minimum atomic E-state index is -0.485. The molecule has 0 amide bonds. The van der Waals surface area contributed by atoms with Crippen LogP contribution in [-0.4, -0.2) is 65.4 Å². The van der Waals surface area contributed by atoms with Gasteiger partial charge in [0.05, 0.1) is 6.10 Å². The van der Waals surface area contributed by atoms with Crippen molar-refractivity contribution in [1.82, 2.24) is 19.9 Å². The molecule has 0 fully saturated rings. The molecule has 0 saturated heterocycles. The fraction of sp³-hybridized carbons (Fsp3) is 0.600. The van der Waals surface area contributed by atoms with E-state index in [0.717, 1.165) is 13.0 Å². The standard InChI is InChI=1S/C15H26N8O/c1-6-7-18-12-10-11(20-14(16-3)21-12)13(22-15(17-4)19-10)23(5)8-9(2)24/h9,24H,6-8H2,1-5H3,(H,17,19,22)(H2,16,18,20,21). The number of aromatic nitrogens is 4. The number of likely N-dealkylation sites (N-methyl/N-ethyl adjacent to an activating group) is 1. The smallest absolute Gasteiger partial charge is 0.225 e. The van der Waals surface area contributed by atoms with Crippen molar-refractivity contribution in [3.63, 3.8) is 0 Å². The third-order valence-electron chi connectivity index (χ3n) is 3.41. The molecular formula is C15H26N8O. The van der Waals surface area contributed by atoms with E-state index in [-0.39, 0.29) is 0 Å². The zero-order valence-electron chi connectivity index (χ0n) is 14.9. The maximum Gasteiger partial charge on any atom is 0.225 e. The molecule has 0 aliphatic carbocycles. The second-order valence-corrected chi connectivity index (χ2v) is 5.62. The van der Waals surface area contributed by atoms with Crippen molar-refractivity contribution in [1.29, 1.82) is 0 Å². The van der Waals surface area contributed by atoms with Crippen molar-refractivity contribution in [3.8, 4) is 0 Å². The highest BCUT2D eigenvalue weighted by Gasteiger charge is 2.18. The maximum atomic E-state index is 9.70. The van der Waals surface area contributed by atoms with Crippen molar-refractivity contribution in [2.75, 3.05) is 55.1 Å². The monoisotopic (exact) mass is 334 g/mol. The minimum absolute atomic E-state index is 0.436. The van der Waals surface area contributed by atoms with E-state index < -0.39 is 6.10 Å². The van der Waals surface area contributed by atoms with Gasteiger partial charge in [-0.15, -0.1) is 0 Å². The van der Waals surface area contributed by atoms with Crippen LogP contribution < -0.4 is 20.9 Å². The predicted molar refractivity (Wildman–Crippen MR) is 98.0 cm³/mol. The molecule has 2 rings (SSSR count). The number of hydrogen-bond donors (Lipinski definition) is 4. The normalized spacial score (nSPS) is 12.1. The van der Waals surface area contributed by atoms with E-state index in [1.54, 1.807) is 21.0 Å². The van der Waals surface area contributed by atoms with Crippen LogP contribution >= 0.6 is 0 Å². The van der Waals surface area contributed by atoms with Crippen molar-refractivity contribution in [3.05, 3.63) is 0 Å². The number of nitrogens with one attached hydrogen (secondary N) is 3. The lowest BCUT2D eigenvalue weighted by Gasteiger charge is -2.22. The lowest BCUT2D eigenvalue weighted by atomic mass is 10.3. The summed E-state index contributed by atoms with van der Waals surface area (Å²) in [5.41, 5.74) is 1.28. The summed E-state index contributed by atoms with van der Waals surface area (Å²) >= 11 is 0. The second kappa shape index (κ2) is 7.91. The van der Waals surface area contributed by atoms with E-state index in [0.29, 0.717) is 41.1 Å². The first-order valence-electron chi connectivity index (χ1n) is 8.08. The van der Waals surface area contributed by atoms with Crippen LogP contribution in [0.25, 0.3) is 11.0 Å². The van der Waals surface area contributed by atoms with Crippen molar-refractivity contribution in [2.45, 2.75) is 26.4 Å². The second-order valence-electron chi connectivity index (χ2n) is 5.62. The molecule has 9 nitrogen and oxygen atoms in total. The molecular weight excluding hydrogens is 308 g/mol. The minimum Gasteiger partial charge on any atom is -0.392 e. The number of nitrogens with zero attached hydrogens (tertiary/aromatic N) is 5. The van der Waals surface area contributed by atoms with Gasteiger partial charge in [-0.1, -0.05) is 6.92 Å². The lowest BCUT2D eigenvalue weighted by Crippen LogP contribution is -2.28. The number of aliphatic hydroxyl groups is 1. The number of rotatable bonds is 8. The highest BCUT2D eigenvalue weighted by Crippen LogP contribution is 2.28. The van der Waals surface area contributed by atoms with Gasteiger partial charge in [0, 0.05) is 34.2 Å². The summed E-state index contributed by atoms with van der Waals surface area (Å²) in [6, 6.07) is 0. The molecule has 1 unspecified atom stereocenters. The molecule has 9 heteroatoms. The number of aliphatic hydroxyl groups excluding tert-OH is 1. The highest BCUT2D eigenvalue weighted by atomic mass is 16.3. The molecule has 1 atom stereocenters. The van der Waals surface area contributed by atoms with Gasteiger partial charge in [-0.2, -0.15) is 9.97 Å². The Morgan fingerprint density at radius 2 is 1.67 bits per heavy atom. The molecule has 0 spiro atoms. The molecule has 0 saturated carbocycles. The first-order valence-corrected chi connectivity index (χ1v) is 8.08. The van der Waals surface area contributed by atoms with Crippen LogP contribution in [0.1, 0.15) is 20.3 Å². The van der Waals surface area contributed by atoms with E-state index >= 15 is 0 Å². The van der Waals surface area contributed by atoms with Crippen LogP contribution in [0.5, 0.6) is 0 Å². The summed E-state index contributed by atoms with van der Waals surface area (Å²) in [5, 5.41) is 18.9. The van der Waals surface area contributed by atoms with Gasteiger partial charge in [-0.05, 0) is 13.3 Å². The Bertz CT molecular complexity index is 691. The molecule has 24 heavy (non-hydrogen) atoms. The summed E-state index contributed by atoms with van der Waals surface area (Å²) in [4.78, 5) is 19.9.